The van der Waals surface area contributed by atoms with Gasteiger partial charge in [0.2, 0.25) is 0 Å². The minimum Gasteiger partial charge on any atom is -0.375 e. The second kappa shape index (κ2) is 6.65. The van der Waals surface area contributed by atoms with E-state index in [4.69, 9.17) is 9.72 Å². The first-order chi connectivity index (χ1) is 10.9. The van der Waals surface area contributed by atoms with Crippen molar-refractivity contribution in [3.05, 3.63) is 29.3 Å². The van der Waals surface area contributed by atoms with Gasteiger partial charge in [0.25, 0.3) is 0 Å². The molecule has 0 spiro atoms. The Bertz CT molecular complexity index is 591. The molecule has 0 bridgehead atoms. The van der Waals surface area contributed by atoms with Crippen molar-refractivity contribution in [2.45, 2.75) is 50.7 Å². The van der Waals surface area contributed by atoms with Crippen molar-refractivity contribution >= 4 is 21.6 Å². The number of fused-ring (bicyclic) bond motifs is 2. The maximum absolute atomic E-state index is 5.96. The Kier molecular flexibility index (Phi) is 4.42. The summed E-state index contributed by atoms with van der Waals surface area (Å²) in [7, 11) is 0. The van der Waals surface area contributed by atoms with E-state index in [1.54, 1.807) is 0 Å². The third-order valence-corrected chi connectivity index (χ3v) is 6.12. The fourth-order valence-corrected chi connectivity index (χ4v) is 4.92. The predicted molar refractivity (Wildman–Crippen MR) is 91.5 cm³/mol. The van der Waals surface area contributed by atoms with Crippen LogP contribution in [0.5, 0.6) is 0 Å². The molecule has 1 aliphatic heterocycles. The van der Waals surface area contributed by atoms with Gasteiger partial charge in [-0.15, -0.1) is 11.3 Å². The summed E-state index contributed by atoms with van der Waals surface area (Å²) in [6.45, 7) is 3.23. The molecule has 0 N–H and O–H groups in total. The third kappa shape index (κ3) is 3.05. The molecule has 1 saturated carbocycles. The van der Waals surface area contributed by atoms with Crippen LogP contribution in [-0.4, -0.2) is 41.7 Å². The summed E-state index contributed by atoms with van der Waals surface area (Å²) >= 11 is 1.85. The number of rotatable bonds is 4. The predicted octanol–water partition coefficient (Wildman–Crippen LogP) is 3.87. The molecule has 2 fully saturated rings. The van der Waals surface area contributed by atoms with Crippen LogP contribution < -0.4 is 0 Å². The number of nitrogens with zero attached hydrogens (tertiary/aromatic N) is 2. The molecule has 22 heavy (non-hydrogen) atoms. The zero-order valence-electron chi connectivity index (χ0n) is 13.0. The number of aromatic nitrogens is 1. The van der Waals surface area contributed by atoms with Crippen LogP contribution in [0, 0.1) is 0 Å². The summed E-state index contributed by atoms with van der Waals surface area (Å²) in [5.41, 5.74) is 1.15. The second-order valence-electron chi connectivity index (χ2n) is 6.48. The van der Waals surface area contributed by atoms with Gasteiger partial charge in [0.05, 0.1) is 27.9 Å². The van der Waals surface area contributed by atoms with Crippen molar-refractivity contribution in [1.29, 1.82) is 0 Å². The zero-order chi connectivity index (χ0) is 14.8. The van der Waals surface area contributed by atoms with Gasteiger partial charge < -0.3 is 4.74 Å². The fraction of sp³-hybridized carbons (Fsp3) is 0.611. The van der Waals surface area contributed by atoms with Gasteiger partial charge in [-0.25, -0.2) is 4.98 Å². The van der Waals surface area contributed by atoms with Gasteiger partial charge in [0.1, 0.15) is 0 Å². The first-order valence-electron chi connectivity index (χ1n) is 8.60. The molecule has 4 rings (SSSR count). The number of hydrogen-bond donors (Lipinski definition) is 0. The molecular weight excluding hydrogens is 292 g/mol. The highest BCUT2D eigenvalue weighted by Crippen LogP contribution is 2.29. The van der Waals surface area contributed by atoms with Gasteiger partial charge in [-0.05, 0) is 37.9 Å². The molecule has 2 unspecified atom stereocenters. The molecule has 1 aromatic carbocycles. The molecule has 1 aliphatic carbocycles. The SMILES string of the molecule is c1ccc2sc(CCCN3CCOC4CCCCC43)nc2c1. The summed E-state index contributed by atoms with van der Waals surface area (Å²) in [4.78, 5) is 7.43. The summed E-state index contributed by atoms with van der Waals surface area (Å²) < 4.78 is 7.28. The van der Waals surface area contributed by atoms with Crippen LogP contribution in [0.1, 0.15) is 37.1 Å². The highest BCUT2D eigenvalue weighted by atomic mass is 32.1. The van der Waals surface area contributed by atoms with E-state index in [9.17, 15) is 0 Å². The van der Waals surface area contributed by atoms with Gasteiger partial charge in [-0.3, -0.25) is 4.90 Å². The number of morpholine rings is 1. The molecular formula is C18H24N2OS. The molecule has 2 atom stereocenters. The van der Waals surface area contributed by atoms with E-state index >= 15 is 0 Å². The monoisotopic (exact) mass is 316 g/mol. The van der Waals surface area contributed by atoms with Crippen LogP contribution in [0.25, 0.3) is 10.2 Å². The van der Waals surface area contributed by atoms with Crippen molar-refractivity contribution in [1.82, 2.24) is 9.88 Å². The lowest BCUT2D eigenvalue weighted by Crippen LogP contribution is -2.52. The van der Waals surface area contributed by atoms with E-state index < -0.39 is 0 Å². The first-order valence-corrected chi connectivity index (χ1v) is 9.42. The lowest BCUT2D eigenvalue weighted by molar-refractivity contribution is -0.0881. The minimum atomic E-state index is 0.505. The Morgan fingerprint density at radius 3 is 3.09 bits per heavy atom. The topological polar surface area (TPSA) is 25.4 Å². The molecule has 2 heterocycles. The summed E-state index contributed by atoms with van der Waals surface area (Å²) in [5, 5.41) is 1.29. The average molecular weight is 316 g/mol. The van der Waals surface area contributed by atoms with Crippen molar-refractivity contribution < 1.29 is 4.74 Å². The zero-order valence-corrected chi connectivity index (χ0v) is 13.9. The highest BCUT2D eigenvalue weighted by Gasteiger charge is 2.33. The number of ether oxygens (including phenoxy) is 1. The fourth-order valence-electron chi connectivity index (χ4n) is 3.91. The van der Waals surface area contributed by atoms with Crippen LogP contribution in [0.3, 0.4) is 0 Å². The molecule has 1 aromatic heterocycles. The minimum absolute atomic E-state index is 0.505. The van der Waals surface area contributed by atoms with Crippen LogP contribution >= 0.6 is 11.3 Å². The van der Waals surface area contributed by atoms with E-state index in [1.165, 1.54) is 48.4 Å². The standard InChI is InChI=1S/C18H24N2OS/c1-4-9-17-14(6-1)19-18(22-17)10-5-11-20-12-13-21-16-8-3-2-7-15(16)20/h1,4,6,9,15-16H,2-3,5,7-8,10-13H2. The Balaban J connectivity index is 1.34. The number of aryl methyl sites for hydroxylation is 1. The van der Waals surface area contributed by atoms with E-state index in [0.717, 1.165) is 25.1 Å². The Morgan fingerprint density at radius 1 is 1.23 bits per heavy atom. The summed E-state index contributed by atoms with van der Waals surface area (Å²) in [6.07, 6.45) is 8.13. The number of benzene rings is 1. The lowest BCUT2D eigenvalue weighted by Gasteiger charge is -2.43. The van der Waals surface area contributed by atoms with Crippen LogP contribution in [0.15, 0.2) is 24.3 Å². The molecule has 3 nitrogen and oxygen atoms in total. The molecule has 0 amide bonds. The van der Waals surface area contributed by atoms with Crippen LogP contribution in [0.2, 0.25) is 0 Å². The van der Waals surface area contributed by atoms with E-state index in [1.807, 2.05) is 11.3 Å². The van der Waals surface area contributed by atoms with E-state index in [0.29, 0.717) is 12.1 Å². The lowest BCUT2D eigenvalue weighted by atomic mass is 9.90. The molecule has 2 aliphatic rings. The van der Waals surface area contributed by atoms with Crippen molar-refractivity contribution in [3.8, 4) is 0 Å². The van der Waals surface area contributed by atoms with Gasteiger partial charge in [0.15, 0.2) is 0 Å². The third-order valence-electron chi connectivity index (χ3n) is 5.02. The maximum Gasteiger partial charge on any atom is 0.0939 e. The first kappa shape index (κ1) is 14.6. The van der Waals surface area contributed by atoms with Gasteiger partial charge in [-0.2, -0.15) is 0 Å². The average Bonchev–Trinajstić information content (AvgIpc) is 2.98. The van der Waals surface area contributed by atoms with Gasteiger partial charge in [-0.1, -0.05) is 25.0 Å². The molecule has 0 radical (unpaired) electrons. The Hall–Kier alpha value is -0.970. The molecule has 4 heteroatoms. The van der Waals surface area contributed by atoms with Gasteiger partial charge >= 0.3 is 0 Å². The smallest absolute Gasteiger partial charge is 0.0939 e. The molecule has 1 saturated heterocycles. The number of hydrogen-bond acceptors (Lipinski definition) is 4. The van der Waals surface area contributed by atoms with Gasteiger partial charge in [0, 0.05) is 19.0 Å². The van der Waals surface area contributed by atoms with Crippen LogP contribution in [0.4, 0.5) is 0 Å². The molecule has 2 aromatic rings. The summed E-state index contributed by atoms with van der Waals surface area (Å²) in [6, 6.07) is 9.14. The van der Waals surface area contributed by atoms with Crippen molar-refractivity contribution in [3.63, 3.8) is 0 Å². The van der Waals surface area contributed by atoms with Crippen molar-refractivity contribution in [2.75, 3.05) is 19.7 Å². The van der Waals surface area contributed by atoms with Crippen LogP contribution in [-0.2, 0) is 11.2 Å². The molecule has 118 valence electrons. The normalized spacial score (nSPS) is 26.2. The summed E-state index contributed by atoms with van der Waals surface area (Å²) in [5.74, 6) is 0. The Labute approximate surface area is 136 Å². The second-order valence-corrected chi connectivity index (χ2v) is 7.59. The quantitative estimate of drug-likeness (QED) is 0.856. The van der Waals surface area contributed by atoms with E-state index in [2.05, 4.69) is 29.2 Å². The van der Waals surface area contributed by atoms with Crippen molar-refractivity contribution in [2.24, 2.45) is 0 Å². The Morgan fingerprint density at radius 2 is 2.14 bits per heavy atom. The maximum atomic E-state index is 5.96. The number of thiazole rings is 1. The highest BCUT2D eigenvalue weighted by molar-refractivity contribution is 7.18. The number of para-hydroxylation sites is 1. The largest absolute Gasteiger partial charge is 0.375 e. The van der Waals surface area contributed by atoms with E-state index in [-0.39, 0.29) is 0 Å².